The second-order valence-corrected chi connectivity index (χ2v) is 9.67. The normalized spacial score (nSPS) is 26.8. The summed E-state index contributed by atoms with van der Waals surface area (Å²) in [5, 5.41) is 5.85. The second-order valence-electron chi connectivity index (χ2n) is 8.16. The molecule has 3 aliphatic heterocycles. The lowest BCUT2D eigenvalue weighted by Crippen LogP contribution is -2.48. The third kappa shape index (κ3) is 4.22. The molecule has 4 rings (SSSR count). The Morgan fingerprint density at radius 2 is 1.66 bits per heavy atom. The maximum absolute atomic E-state index is 12.8. The van der Waals surface area contributed by atoms with Crippen LogP contribution in [0.4, 0.5) is 16.2 Å². The second kappa shape index (κ2) is 8.26. The minimum atomic E-state index is -0.428. The molecule has 2 N–H and O–H groups in total. The number of fused-ring (bicyclic) bond motifs is 1. The lowest BCUT2D eigenvalue weighted by atomic mass is 10.2. The molecule has 8 heteroatoms. The van der Waals surface area contributed by atoms with E-state index in [1.807, 2.05) is 11.8 Å². The molecule has 1 aromatic carbocycles. The van der Waals surface area contributed by atoms with Crippen molar-refractivity contribution >= 4 is 41.0 Å². The SMILES string of the molecule is CC12CCC(=O)N1C(C(=O)Nc1ccc(NC(=O)N3CCCCCC3)cc1)CS2. The lowest BCUT2D eigenvalue weighted by molar-refractivity contribution is -0.135. The van der Waals surface area contributed by atoms with Gasteiger partial charge in [-0.25, -0.2) is 4.79 Å². The van der Waals surface area contributed by atoms with E-state index in [1.54, 1.807) is 40.9 Å². The zero-order chi connectivity index (χ0) is 20.4. The molecule has 7 nitrogen and oxygen atoms in total. The standard InChI is InChI=1S/C21H28N4O3S/c1-21-11-10-18(26)25(21)17(14-29-21)19(27)22-15-6-8-16(9-7-15)23-20(28)24-12-4-2-3-5-13-24/h6-9,17H,2-5,10-14H2,1H3,(H,22,27)(H,23,28). The molecule has 0 bridgehead atoms. The minimum absolute atomic E-state index is 0.0595. The quantitative estimate of drug-likeness (QED) is 0.790. The number of likely N-dealkylation sites (tertiary alicyclic amines) is 1. The minimum Gasteiger partial charge on any atom is -0.325 e. The molecule has 156 valence electrons. The number of hydrogen-bond acceptors (Lipinski definition) is 4. The molecule has 3 aliphatic rings. The van der Waals surface area contributed by atoms with Crippen molar-refractivity contribution in [2.24, 2.45) is 0 Å². The molecule has 4 amide bonds. The van der Waals surface area contributed by atoms with Crippen molar-refractivity contribution in [1.82, 2.24) is 9.80 Å². The number of nitrogens with zero attached hydrogens (tertiary/aromatic N) is 2. The third-order valence-corrected chi connectivity index (χ3v) is 7.55. The maximum Gasteiger partial charge on any atom is 0.321 e. The Bertz CT molecular complexity index is 792. The van der Waals surface area contributed by atoms with Crippen molar-refractivity contribution in [2.75, 3.05) is 29.5 Å². The number of carbonyl (C=O) groups excluding carboxylic acids is 3. The van der Waals surface area contributed by atoms with Crippen LogP contribution in [0.1, 0.15) is 45.4 Å². The first-order valence-corrected chi connectivity index (χ1v) is 11.4. The maximum atomic E-state index is 12.8. The van der Waals surface area contributed by atoms with Gasteiger partial charge in [0.25, 0.3) is 0 Å². The van der Waals surface area contributed by atoms with Gasteiger partial charge in [0.2, 0.25) is 11.8 Å². The van der Waals surface area contributed by atoms with Crippen LogP contribution in [0.5, 0.6) is 0 Å². The Labute approximate surface area is 175 Å². The first kappa shape index (κ1) is 20.1. The van der Waals surface area contributed by atoms with E-state index in [-0.39, 0.29) is 22.7 Å². The van der Waals surface area contributed by atoms with Gasteiger partial charge in [-0.1, -0.05) is 12.8 Å². The number of benzene rings is 1. The molecule has 0 spiro atoms. The average molecular weight is 417 g/mol. The van der Waals surface area contributed by atoms with Crippen LogP contribution in [-0.2, 0) is 9.59 Å². The molecule has 0 aromatic heterocycles. The smallest absolute Gasteiger partial charge is 0.321 e. The molecule has 2 unspecified atom stereocenters. The molecular formula is C21H28N4O3S. The van der Waals surface area contributed by atoms with Gasteiger partial charge in [0.05, 0.1) is 4.87 Å². The third-order valence-electron chi connectivity index (χ3n) is 6.04. The Balaban J connectivity index is 1.34. The summed E-state index contributed by atoms with van der Waals surface area (Å²) in [5.41, 5.74) is 1.36. The van der Waals surface area contributed by atoms with Gasteiger partial charge in [0, 0.05) is 36.6 Å². The van der Waals surface area contributed by atoms with Gasteiger partial charge in [-0.15, -0.1) is 11.8 Å². The molecule has 3 fully saturated rings. The zero-order valence-electron chi connectivity index (χ0n) is 16.8. The Kier molecular flexibility index (Phi) is 5.72. The summed E-state index contributed by atoms with van der Waals surface area (Å²) in [6, 6.07) is 6.65. The first-order valence-electron chi connectivity index (χ1n) is 10.4. The van der Waals surface area contributed by atoms with Crippen molar-refractivity contribution in [3.05, 3.63) is 24.3 Å². The molecule has 1 aromatic rings. The largest absolute Gasteiger partial charge is 0.325 e. The zero-order valence-corrected chi connectivity index (χ0v) is 17.6. The van der Waals surface area contributed by atoms with Gasteiger partial charge in [0.1, 0.15) is 6.04 Å². The predicted molar refractivity (Wildman–Crippen MR) is 115 cm³/mol. The van der Waals surface area contributed by atoms with Crippen molar-refractivity contribution < 1.29 is 14.4 Å². The summed E-state index contributed by atoms with van der Waals surface area (Å²) in [6.07, 6.45) is 5.77. The number of nitrogens with one attached hydrogen (secondary N) is 2. The van der Waals surface area contributed by atoms with E-state index in [0.29, 0.717) is 23.5 Å². The predicted octanol–water partition coefficient (Wildman–Crippen LogP) is 3.49. The van der Waals surface area contributed by atoms with Gasteiger partial charge < -0.3 is 20.4 Å². The van der Waals surface area contributed by atoms with Crippen LogP contribution in [0, 0.1) is 0 Å². The van der Waals surface area contributed by atoms with Gasteiger partial charge >= 0.3 is 6.03 Å². The molecule has 2 atom stereocenters. The molecule has 0 aliphatic carbocycles. The number of thioether (sulfide) groups is 1. The number of urea groups is 1. The van der Waals surface area contributed by atoms with E-state index in [2.05, 4.69) is 10.6 Å². The Morgan fingerprint density at radius 3 is 2.31 bits per heavy atom. The van der Waals surface area contributed by atoms with E-state index >= 15 is 0 Å². The summed E-state index contributed by atoms with van der Waals surface area (Å²) < 4.78 is 0. The highest BCUT2D eigenvalue weighted by atomic mass is 32.2. The number of carbonyl (C=O) groups is 3. The van der Waals surface area contributed by atoms with Gasteiger partial charge in [-0.2, -0.15) is 0 Å². The molecular weight excluding hydrogens is 388 g/mol. The van der Waals surface area contributed by atoms with Crippen LogP contribution in [0.25, 0.3) is 0 Å². The summed E-state index contributed by atoms with van der Waals surface area (Å²) in [7, 11) is 0. The van der Waals surface area contributed by atoms with Crippen LogP contribution in [0.3, 0.4) is 0 Å². The molecule has 0 saturated carbocycles. The van der Waals surface area contributed by atoms with E-state index in [4.69, 9.17) is 0 Å². The van der Waals surface area contributed by atoms with Crippen LogP contribution in [-0.4, -0.2) is 57.4 Å². The lowest BCUT2D eigenvalue weighted by Gasteiger charge is -2.29. The fourth-order valence-electron chi connectivity index (χ4n) is 4.35. The van der Waals surface area contributed by atoms with Gasteiger partial charge in [-0.3, -0.25) is 9.59 Å². The van der Waals surface area contributed by atoms with Crippen molar-refractivity contribution in [1.29, 1.82) is 0 Å². The van der Waals surface area contributed by atoms with Crippen LogP contribution >= 0.6 is 11.8 Å². The Hall–Kier alpha value is -2.22. The number of amides is 4. The molecule has 3 heterocycles. The number of hydrogen-bond donors (Lipinski definition) is 2. The van der Waals surface area contributed by atoms with E-state index < -0.39 is 6.04 Å². The molecule has 29 heavy (non-hydrogen) atoms. The van der Waals surface area contributed by atoms with Crippen LogP contribution in [0.2, 0.25) is 0 Å². The Morgan fingerprint density at radius 1 is 1.03 bits per heavy atom. The van der Waals surface area contributed by atoms with Gasteiger partial charge in [-0.05, 0) is 50.5 Å². The summed E-state index contributed by atoms with van der Waals surface area (Å²) in [4.78, 5) is 40.8. The fourth-order valence-corrected chi connectivity index (χ4v) is 5.79. The van der Waals surface area contributed by atoms with Gasteiger partial charge in [0.15, 0.2) is 0 Å². The van der Waals surface area contributed by atoms with E-state index in [1.165, 1.54) is 12.8 Å². The van der Waals surface area contributed by atoms with Crippen molar-refractivity contribution in [3.8, 4) is 0 Å². The monoisotopic (exact) mass is 416 g/mol. The highest BCUT2D eigenvalue weighted by molar-refractivity contribution is 8.01. The molecule has 3 saturated heterocycles. The topological polar surface area (TPSA) is 81.8 Å². The van der Waals surface area contributed by atoms with E-state index in [9.17, 15) is 14.4 Å². The number of rotatable bonds is 3. The number of anilines is 2. The van der Waals surface area contributed by atoms with Crippen molar-refractivity contribution in [2.45, 2.75) is 56.4 Å². The highest BCUT2D eigenvalue weighted by Gasteiger charge is 2.52. The molecule has 0 radical (unpaired) electrons. The fraction of sp³-hybridized carbons (Fsp3) is 0.571. The first-order chi connectivity index (χ1) is 14.0. The van der Waals surface area contributed by atoms with Crippen molar-refractivity contribution in [3.63, 3.8) is 0 Å². The van der Waals surface area contributed by atoms with Crippen LogP contribution in [0.15, 0.2) is 24.3 Å². The average Bonchev–Trinajstić information content (AvgIpc) is 3.05. The summed E-state index contributed by atoms with van der Waals surface area (Å²) in [5.74, 6) is 0.528. The van der Waals surface area contributed by atoms with E-state index in [0.717, 1.165) is 32.4 Å². The summed E-state index contributed by atoms with van der Waals surface area (Å²) >= 11 is 1.68. The summed E-state index contributed by atoms with van der Waals surface area (Å²) in [6.45, 7) is 3.64. The highest BCUT2D eigenvalue weighted by Crippen LogP contribution is 2.47. The van der Waals surface area contributed by atoms with Crippen LogP contribution < -0.4 is 10.6 Å².